The van der Waals surface area contributed by atoms with E-state index in [4.69, 9.17) is 9.26 Å². The van der Waals surface area contributed by atoms with Crippen LogP contribution in [0.15, 0.2) is 51.9 Å². The Balaban J connectivity index is 2.24. The van der Waals surface area contributed by atoms with E-state index in [-0.39, 0.29) is 16.7 Å². The minimum atomic E-state index is -9.77. The molecule has 0 aliphatic carbocycles. The number of fused-ring (bicyclic) bond motifs is 1. The smallest absolute Gasteiger partial charge is 0.310 e. The summed E-state index contributed by atoms with van der Waals surface area (Å²) in [5, 5.41) is 3.46. The molecule has 0 fully saturated rings. The van der Waals surface area contributed by atoms with Gasteiger partial charge in [-0.05, 0) is 30.3 Å². The van der Waals surface area contributed by atoms with Crippen molar-refractivity contribution in [1.29, 1.82) is 0 Å². The molecule has 3 nitrogen and oxygen atoms in total. The third-order valence-corrected chi connectivity index (χ3v) is 4.37. The average molecular weight is 351 g/mol. The number of methoxy groups -OCH3 is 1. The molecule has 2 aromatic carbocycles. The topological polar surface area (TPSA) is 35.3 Å². The first kappa shape index (κ1) is 15.6. The summed E-state index contributed by atoms with van der Waals surface area (Å²) in [6, 6.07) is 7.81. The van der Waals surface area contributed by atoms with Gasteiger partial charge in [-0.2, -0.15) is 0 Å². The number of aromatic nitrogens is 1. The van der Waals surface area contributed by atoms with Gasteiger partial charge in [-0.15, -0.1) is 0 Å². The van der Waals surface area contributed by atoms with Crippen molar-refractivity contribution in [2.24, 2.45) is 0 Å². The van der Waals surface area contributed by atoms with Gasteiger partial charge in [0.05, 0.1) is 12.5 Å². The maximum Gasteiger partial charge on any atom is 0.310 e. The molecule has 0 spiro atoms. The van der Waals surface area contributed by atoms with E-state index in [1.54, 1.807) is 18.2 Å². The number of halogens is 5. The van der Waals surface area contributed by atoms with Crippen LogP contribution in [0.2, 0.25) is 0 Å². The highest BCUT2D eigenvalue weighted by atomic mass is 32.5. The Hall–Kier alpha value is -2.29. The summed E-state index contributed by atoms with van der Waals surface area (Å²) < 4.78 is 74.9. The molecule has 0 unspecified atom stereocenters. The van der Waals surface area contributed by atoms with Crippen LogP contribution in [-0.4, -0.2) is 12.3 Å². The van der Waals surface area contributed by atoms with Crippen molar-refractivity contribution in [2.75, 3.05) is 7.11 Å². The highest BCUT2D eigenvalue weighted by molar-refractivity contribution is 8.45. The number of hydrogen-bond donors (Lipinski definition) is 0. The molecule has 3 rings (SSSR count). The second-order valence-electron chi connectivity index (χ2n) is 4.89. The van der Waals surface area contributed by atoms with E-state index in [1.165, 1.54) is 13.2 Å². The maximum atomic E-state index is 13.0. The molecule has 0 aliphatic rings. The van der Waals surface area contributed by atoms with Gasteiger partial charge in [0, 0.05) is 5.56 Å². The first-order valence-electron chi connectivity index (χ1n) is 6.26. The molecular weight excluding hydrogens is 341 g/mol. The Labute approximate surface area is 127 Å². The van der Waals surface area contributed by atoms with Gasteiger partial charge in [-0.25, -0.2) is 0 Å². The average Bonchev–Trinajstić information content (AvgIpc) is 2.88. The van der Waals surface area contributed by atoms with Crippen LogP contribution < -0.4 is 4.74 Å². The summed E-state index contributed by atoms with van der Waals surface area (Å²) in [6.45, 7) is 0. The molecule has 0 saturated heterocycles. The Kier molecular flexibility index (Phi) is 2.82. The minimum Gasteiger partial charge on any atom is -0.497 e. The van der Waals surface area contributed by atoms with Crippen molar-refractivity contribution in [3.8, 4) is 17.1 Å². The summed E-state index contributed by atoms with van der Waals surface area (Å²) in [4.78, 5) is -1.98. The molecule has 1 heterocycles. The zero-order chi connectivity index (χ0) is 16.9. The molecule has 3 aromatic rings. The summed E-state index contributed by atoms with van der Waals surface area (Å²) in [7, 11) is -8.35. The number of nitrogens with zero attached hydrogens (tertiary/aromatic N) is 1. The van der Waals surface area contributed by atoms with Gasteiger partial charge >= 0.3 is 10.2 Å². The fourth-order valence-electron chi connectivity index (χ4n) is 2.13. The number of ether oxygens (including phenoxy) is 1. The van der Waals surface area contributed by atoms with Crippen molar-refractivity contribution in [1.82, 2.24) is 5.16 Å². The van der Waals surface area contributed by atoms with Crippen LogP contribution in [0.4, 0.5) is 19.4 Å². The molecule has 23 heavy (non-hydrogen) atoms. The highest BCUT2D eigenvalue weighted by Gasteiger charge is 2.65. The van der Waals surface area contributed by atoms with E-state index < -0.39 is 15.1 Å². The number of rotatable bonds is 3. The normalized spacial score (nSPS) is 15.2. The van der Waals surface area contributed by atoms with Gasteiger partial charge in [0.1, 0.15) is 16.2 Å². The van der Waals surface area contributed by atoms with Crippen LogP contribution in [0.5, 0.6) is 5.75 Å². The van der Waals surface area contributed by atoms with Crippen LogP contribution in [0.3, 0.4) is 0 Å². The molecule has 124 valence electrons. The van der Waals surface area contributed by atoms with Crippen LogP contribution in [0.1, 0.15) is 0 Å². The fourth-order valence-corrected chi connectivity index (χ4v) is 2.80. The first-order chi connectivity index (χ1) is 10.5. The molecular formula is C14H10F5NO2S. The van der Waals surface area contributed by atoms with E-state index in [2.05, 4.69) is 5.16 Å². The van der Waals surface area contributed by atoms with Crippen molar-refractivity contribution < 1.29 is 28.7 Å². The third kappa shape index (κ3) is 2.96. The Bertz CT molecular complexity index is 905. The lowest BCUT2D eigenvalue weighted by molar-refractivity contribution is 0.364. The van der Waals surface area contributed by atoms with E-state index in [1.807, 2.05) is 0 Å². The van der Waals surface area contributed by atoms with Crippen LogP contribution in [0, 0.1) is 0 Å². The Morgan fingerprint density at radius 2 is 1.74 bits per heavy atom. The Morgan fingerprint density at radius 3 is 2.39 bits per heavy atom. The van der Waals surface area contributed by atoms with Gasteiger partial charge in [0.2, 0.25) is 0 Å². The summed E-state index contributed by atoms with van der Waals surface area (Å²) in [5.74, 6) is 0.401. The second-order valence-corrected chi connectivity index (χ2v) is 7.30. The predicted molar refractivity (Wildman–Crippen MR) is 77.4 cm³/mol. The molecule has 1 aromatic heterocycles. The van der Waals surface area contributed by atoms with Gasteiger partial charge in [-0.1, -0.05) is 36.7 Å². The number of benzene rings is 2. The zero-order valence-electron chi connectivity index (χ0n) is 11.6. The molecule has 0 atom stereocenters. The molecule has 0 bridgehead atoms. The lowest BCUT2D eigenvalue weighted by Crippen LogP contribution is -2.05. The van der Waals surface area contributed by atoms with Crippen LogP contribution in [0.25, 0.3) is 22.2 Å². The molecule has 0 N–H and O–H groups in total. The van der Waals surface area contributed by atoms with Crippen LogP contribution in [-0.2, 0) is 0 Å². The third-order valence-electron chi connectivity index (χ3n) is 3.23. The largest absolute Gasteiger partial charge is 0.497 e. The van der Waals surface area contributed by atoms with Crippen molar-refractivity contribution in [2.45, 2.75) is 4.90 Å². The SMILES string of the molecule is COc1cccc(-c2onc3ccc(S(F)(F)(F)(F)F)cc23)c1. The minimum absolute atomic E-state index is 0.0393. The lowest BCUT2D eigenvalue weighted by Gasteiger charge is -2.40. The van der Waals surface area contributed by atoms with Crippen LogP contribution >= 0.6 is 10.2 Å². The lowest BCUT2D eigenvalue weighted by atomic mass is 10.1. The number of hydrogen-bond acceptors (Lipinski definition) is 3. The summed E-state index contributed by atoms with van der Waals surface area (Å²) in [5.41, 5.74) is 0.416. The maximum absolute atomic E-state index is 13.0. The van der Waals surface area contributed by atoms with E-state index in [0.717, 1.165) is 6.07 Å². The quantitative estimate of drug-likeness (QED) is 0.530. The second kappa shape index (κ2) is 4.16. The zero-order valence-corrected chi connectivity index (χ0v) is 12.4. The van der Waals surface area contributed by atoms with Crippen molar-refractivity contribution >= 4 is 21.1 Å². The fraction of sp³-hybridized carbons (Fsp3) is 0.0714. The molecule has 0 saturated carbocycles. The molecule has 9 heteroatoms. The Morgan fingerprint density at radius 1 is 1.00 bits per heavy atom. The molecule has 0 radical (unpaired) electrons. The standard InChI is InChI=1S/C14H10F5NO2S/c1-21-10-4-2-3-9(7-10)14-12-8-11(23(15,16,17,18)19)5-6-13(12)20-22-14/h2-8H,1H3. The van der Waals surface area contributed by atoms with E-state index in [9.17, 15) is 19.4 Å². The highest BCUT2D eigenvalue weighted by Crippen LogP contribution is 3.02. The van der Waals surface area contributed by atoms with Crippen molar-refractivity contribution in [3.05, 3.63) is 42.5 Å². The molecule has 0 amide bonds. The molecule has 0 aliphatic heterocycles. The summed E-state index contributed by atoms with van der Waals surface area (Å²) in [6.07, 6.45) is 0. The summed E-state index contributed by atoms with van der Waals surface area (Å²) >= 11 is 0. The van der Waals surface area contributed by atoms with Gasteiger partial charge in [-0.3, -0.25) is 0 Å². The van der Waals surface area contributed by atoms with Gasteiger partial charge < -0.3 is 9.26 Å². The van der Waals surface area contributed by atoms with Gasteiger partial charge in [0.25, 0.3) is 0 Å². The van der Waals surface area contributed by atoms with Gasteiger partial charge in [0.15, 0.2) is 5.76 Å². The van der Waals surface area contributed by atoms with Crippen molar-refractivity contribution in [3.63, 3.8) is 0 Å². The van der Waals surface area contributed by atoms with E-state index in [0.29, 0.717) is 23.4 Å². The monoisotopic (exact) mass is 351 g/mol. The van der Waals surface area contributed by atoms with E-state index >= 15 is 0 Å². The predicted octanol–water partition coefficient (Wildman–Crippen LogP) is 6.16. The first-order valence-corrected chi connectivity index (χ1v) is 8.21.